The van der Waals surface area contributed by atoms with Crippen molar-refractivity contribution in [2.75, 3.05) is 5.75 Å². The van der Waals surface area contributed by atoms with Gasteiger partial charge >= 0.3 is 6.18 Å². The number of fused-ring (bicyclic) bond motifs is 1. The highest BCUT2D eigenvalue weighted by Gasteiger charge is 2.64. The van der Waals surface area contributed by atoms with Crippen LogP contribution in [0.15, 0.2) is 24.3 Å². The lowest BCUT2D eigenvalue weighted by Gasteiger charge is -2.27. The monoisotopic (exact) mass is 333 g/mol. The van der Waals surface area contributed by atoms with E-state index in [2.05, 4.69) is 4.72 Å². The number of aryl methyl sites for hydroxylation is 1. The summed E-state index contributed by atoms with van der Waals surface area (Å²) >= 11 is 0. The average Bonchev–Trinajstić information content (AvgIpc) is 3.18. The number of nitrogens with one attached hydrogen (secondary N) is 1. The van der Waals surface area contributed by atoms with Crippen molar-refractivity contribution < 1.29 is 21.6 Å². The van der Waals surface area contributed by atoms with Crippen LogP contribution in [0.5, 0.6) is 0 Å². The molecule has 2 aliphatic carbocycles. The van der Waals surface area contributed by atoms with E-state index in [-0.39, 0.29) is 12.8 Å². The molecule has 0 aliphatic heterocycles. The molecule has 122 valence electrons. The van der Waals surface area contributed by atoms with E-state index in [4.69, 9.17) is 0 Å². The quantitative estimate of drug-likeness (QED) is 0.919. The van der Waals surface area contributed by atoms with Crippen molar-refractivity contribution in [3.05, 3.63) is 35.4 Å². The van der Waals surface area contributed by atoms with E-state index in [1.807, 2.05) is 24.3 Å². The highest BCUT2D eigenvalue weighted by molar-refractivity contribution is 7.89. The van der Waals surface area contributed by atoms with E-state index in [1.54, 1.807) is 0 Å². The SMILES string of the molecule is O=S(=O)(CC1(C(F)(F)F)CC1)NC1CCCc2ccccc21. The van der Waals surface area contributed by atoms with E-state index in [0.717, 1.165) is 24.0 Å². The molecule has 0 amide bonds. The maximum atomic E-state index is 13.0. The largest absolute Gasteiger partial charge is 0.395 e. The molecule has 1 aromatic rings. The lowest BCUT2D eigenvalue weighted by atomic mass is 9.88. The zero-order chi connectivity index (χ0) is 16.0. The number of rotatable bonds is 4. The maximum Gasteiger partial charge on any atom is 0.395 e. The zero-order valence-corrected chi connectivity index (χ0v) is 12.8. The van der Waals surface area contributed by atoms with Gasteiger partial charge in [0.15, 0.2) is 0 Å². The third kappa shape index (κ3) is 3.01. The minimum Gasteiger partial charge on any atom is -0.212 e. The Labute approximate surface area is 128 Å². The number of benzene rings is 1. The van der Waals surface area contributed by atoms with Crippen LogP contribution in [-0.2, 0) is 16.4 Å². The second-order valence-electron chi connectivity index (χ2n) is 6.30. The molecule has 3 nitrogen and oxygen atoms in total. The third-order valence-electron chi connectivity index (χ3n) is 4.61. The van der Waals surface area contributed by atoms with Gasteiger partial charge in [-0.2, -0.15) is 13.2 Å². The molecule has 1 N–H and O–H groups in total. The predicted molar refractivity (Wildman–Crippen MR) is 76.8 cm³/mol. The van der Waals surface area contributed by atoms with Crippen LogP contribution in [-0.4, -0.2) is 20.3 Å². The standard InChI is InChI=1S/C15H18F3NO2S/c16-15(17,18)14(8-9-14)10-22(20,21)19-13-7-3-5-11-4-1-2-6-12(11)13/h1-2,4,6,13,19H,3,5,7-10H2. The summed E-state index contributed by atoms with van der Waals surface area (Å²) < 4.78 is 65.7. The normalized spacial score (nSPS) is 23.9. The lowest BCUT2D eigenvalue weighted by molar-refractivity contribution is -0.180. The zero-order valence-electron chi connectivity index (χ0n) is 12.0. The lowest BCUT2D eigenvalue weighted by Crippen LogP contribution is -2.39. The summed E-state index contributed by atoms with van der Waals surface area (Å²) in [7, 11) is -3.97. The van der Waals surface area contributed by atoms with Gasteiger partial charge in [-0.15, -0.1) is 0 Å². The predicted octanol–water partition coefficient (Wildman–Crippen LogP) is 3.33. The molecule has 3 rings (SSSR count). The summed E-state index contributed by atoms with van der Waals surface area (Å²) in [6.45, 7) is 0. The van der Waals surface area contributed by atoms with Crippen LogP contribution in [0.3, 0.4) is 0 Å². The molecule has 0 heterocycles. The van der Waals surface area contributed by atoms with Gasteiger partial charge in [-0.05, 0) is 43.2 Å². The van der Waals surface area contributed by atoms with Gasteiger partial charge in [-0.25, -0.2) is 13.1 Å². The number of hydrogen-bond donors (Lipinski definition) is 1. The van der Waals surface area contributed by atoms with Crippen LogP contribution in [0.4, 0.5) is 13.2 Å². The third-order valence-corrected chi connectivity index (χ3v) is 6.19. The van der Waals surface area contributed by atoms with Crippen molar-refractivity contribution in [1.29, 1.82) is 0 Å². The molecule has 7 heteroatoms. The first-order chi connectivity index (χ1) is 10.2. The summed E-state index contributed by atoms with van der Waals surface area (Å²) in [6.07, 6.45) is -2.33. The highest BCUT2D eigenvalue weighted by Crippen LogP contribution is 2.58. The van der Waals surface area contributed by atoms with Gasteiger partial charge in [0.1, 0.15) is 0 Å². The first-order valence-electron chi connectivity index (χ1n) is 7.37. The van der Waals surface area contributed by atoms with Crippen molar-refractivity contribution in [2.45, 2.75) is 44.3 Å². The minimum absolute atomic E-state index is 0.0985. The van der Waals surface area contributed by atoms with Crippen molar-refractivity contribution in [1.82, 2.24) is 4.72 Å². The van der Waals surface area contributed by atoms with Gasteiger partial charge in [0.05, 0.1) is 11.2 Å². The molecule has 1 atom stereocenters. The van der Waals surface area contributed by atoms with Crippen molar-refractivity contribution in [3.8, 4) is 0 Å². The van der Waals surface area contributed by atoms with Crippen molar-refractivity contribution in [3.63, 3.8) is 0 Å². The molecule has 0 saturated heterocycles. The average molecular weight is 333 g/mol. The summed E-state index contributed by atoms with van der Waals surface area (Å²) in [5.74, 6) is -0.859. The summed E-state index contributed by atoms with van der Waals surface area (Å²) in [5.41, 5.74) is -0.0832. The van der Waals surface area contributed by atoms with Crippen molar-refractivity contribution >= 4 is 10.0 Å². The van der Waals surface area contributed by atoms with Gasteiger partial charge in [-0.1, -0.05) is 24.3 Å². The van der Waals surface area contributed by atoms with Crippen LogP contribution in [0.2, 0.25) is 0 Å². The molecule has 0 bridgehead atoms. The molecule has 22 heavy (non-hydrogen) atoms. The fraction of sp³-hybridized carbons (Fsp3) is 0.600. The van der Waals surface area contributed by atoms with Gasteiger partial charge in [-0.3, -0.25) is 0 Å². The number of sulfonamides is 1. The van der Waals surface area contributed by atoms with Crippen LogP contribution in [0, 0.1) is 5.41 Å². The van der Waals surface area contributed by atoms with Crippen LogP contribution in [0.25, 0.3) is 0 Å². The fourth-order valence-corrected chi connectivity index (χ4v) is 5.10. The first kappa shape index (κ1) is 15.8. The van der Waals surface area contributed by atoms with Crippen molar-refractivity contribution in [2.24, 2.45) is 5.41 Å². The number of halogens is 3. The van der Waals surface area contributed by atoms with Crippen LogP contribution in [0.1, 0.15) is 42.9 Å². The van der Waals surface area contributed by atoms with E-state index in [9.17, 15) is 21.6 Å². The Hall–Kier alpha value is -1.08. The molecule has 2 aliphatic rings. The molecule has 1 unspecified atom stereocenters. The van der Waals surface area contributed by atoms with Gasteiger partial charge in [0.25, 0.3) is 0 Å². The molecular formula is C15H18F3NO2S. The Morgan fingerprint density at radius 2 is 1.91 bits per heavy atom. The summed E-state index contributed by atoms with van der Waals surface area (Å²) in [4.78, 5) is 0. The topological polar surface area (TPSA) is 46.2 Å². The molecule has 0 aromatic heterocycles. The molecule has 0 radical (unpaired) electrons. The Morgan fingerprint density at radius 1 is 1.23 bits per heavy atom. The molecular weight excluding hydrogens is 315 g/mol. The second-order valence-corrected chi connectivity index (χ2v) is 8.05. The van der Waals surface area contributed by atoms with E-state index < -0.39 is 33.4 Å². The van der Waals surface area contributed by atoms with E-state index >= 15 is 0 Å². The molecule has 1 saturated carbocycles. The summed E-state index contributed by atoms with van der Waals surface area (Å²) in [6, 6.07) is 7.08. The second kappa shape index (κ2) is 5.23. The molecule has 1 fully saturated rings. The van der Waals surface area contributed by atoms with Gasteiger partial charge in [0.2, 0.25) is 10.0 Å². The summed E-state index contributed by atoms with van der Waals surface area (Å²) in [5, 5.41) is 0. The Morgan fingerprint density at radius 3 is 2.55 bits per heavy atom. The first-order valence-corrected chi connectivity index (χ1v) is 9.02. The fourth-order valence-electron chi connectivity index (χ4n) is 3.16. The molecule has 1 aromatic carbocycles. The van der Waals surface area contributed by atoms with Crippen LogP contribution >= 0.6 is 0 Å². The van der Waals surface area contributed by atoms with E-state index in [1.165, 1.54) is 0 Å². The Bertz CT molecular complexity index is 666. The maximum absolute atomic E-state index is 13.0. The smallest absolute Gasteiger partial charge is 0.212 e. The van der Waals surface area contributed by atoms with Gasteiger partial charge in [0, 0.05) is 6.04 Å². The number of hydrogen-bond acceptors (Lipinski definition) is 2. The van der Waals surface area contributed by atoms with Crippen LogP contribution < -0.4 is 4.72 Å². The molecule has 0 spiro atoms. The van der Waals surface area contributed by atoms with Gasteiger partial charge < -0.3 is 0 Å². The Kier molecular flexibility index (Phi) is 3.76. The van der Waals surface area contributed by atoms with E-state index in [0.29, 0.717) is 6.42 Å². The minimum atomic E-state index is -4.45. The Balaban J connectivity index is 1.76. The highest BCUT2D eigenvalue weighted by atomic mass is 32.2. The number of alkyl halides is 3.